The second-order valence-corrected chi connectivity index (χ2v) is 5.39. The highest BCUT2D eigenvalue weighted by atomic mass is 32.2. The number of nitrogens with one attached hydrogen (secondary N) is 2. The van der Waals surface area contributed by atoms with E-state index in [9.17, 15) is 17.2 Å². The fourth-order valence-electron chi connectivity index (χ4n) is 1.45. The quantitative estimate of drug-likeness (QED) is 0.772. The van der Waals surface area contributed by atoms with E-state index in [0.717, 1.165) is 18.2 Å². The molecule has 0 unspecified atom stereocenters. The van der Waals surface area contributed by atoms with Crippen molar-refractivity contribution in [2.45, 2.75) is 11.4 Å². The summed E-state index contributed by atoms with van der Waals surface area (Å²) in [4.78, 5) is -1.02. The highest BCUT2D eigenvalue weighted by Crippen LogP contribution is 2.18. The fraction of sp³-hybridized carbons (Fsp3) is 0.100. The standard InChI is InChI=1S/C10H10F2N4O2S/c11-7-2-1-3-8(12)9(7)19(17,18)15-5-6-4-14-16-10(6)13/h1-4,15H,5H2,(H3,13,14,16). The lowest BCUT2D eigenvalue weighted by atomic mass is 10.3. The maximum atomic E-state index is 13.4. The van der Waals surface area contributed by atoms with Crippen molar-refractivity contribution in [2.75, 3.05) is 5.73 Å². The predicted molar refractivity (Wildman–Crippen MR) is 63.4 cm³/mol. The van der Waals surface area contributed by atoms with Crippen LogP contribution in [0.4, 0.5) is 14.6 Å². The maximum absolute atomic E-state index is 13.4. The summed E-state index contributed by atoms with van der Waals surface area (Å²) in [7, 11) is -4.31. The number of benzene rings is 1. The van der Waals surface area contributed by atoms with Crippen LogP contribution in [0.2, 0.25) is 0 Å². The van der Waals surface area contributed by atoms with Gasteiger partial charge in [-0.25, -0.2) is 21.9 Å². The molecule has 0 aliphatic rings. The number of halogens is 2. The summed E-state index contributed by atoms with van der Waals surface area (Å²) in [6.07, 6.45) is 1.32. The van der Waals surface area contributed by atoms with Gasteiger partial charge in [0.15, 0.2) is 4.90 Å². The van der Waals surface area contributed by atoms with Crippen molar-refractivity contribution < 1.29 is 17.2 Å². The lowest BCUT2D eigenvalue weighted by Crippen LogP contribution is -2.25. The van der Waals surface area contributed by atoms with E-state index in [-0.39, 0.29) is 12.4 Å². The molecule has 1 aromatic heterocycles. The summed E-state index contributed by atoms with van der Waals surface area (Å²) < 4.78 is 52.5. The van der Waals surface area contributed by atoms with Crippen molar-refractivity contribution in [3.05, 3.63) is 41.6 Å². The van der Waals surface area contributed by atoms with Crippen molar-refractivity contribution in [3.8, 4) is 0 Å². The topological polar surface area (TPSA) is 101 Å². The van der Waals surface area contributed by atoms with E-state index in [0.29, 0.717) is 5.56 Å². The number of hydrogen-bond acceptors (Lipinski definition) is 4. The molecule has 0 spiro atoms. The third-order valence-electron chi connectivity index (χ3n) is 2.39. The van der Waals surface area contributed by atoms with Gasteiger partial charge in [-0.3, -0.25) is 5.10 Å². The van der Waals surface area contributed by atoms with Crippen LogP contribution in [0, 0.1) is 11.6 Å². The monoisotopic (exact) mass is 288 g/mol. The maximum Gasteiger partial charge on any atom is 0.246 e. The predicted octanol–water partition coefficient (Wildman–Crippen LogP) is 0.749. The Labute approximate surface area is 107 Å². The molecule has 0 aliphatic carbocycles. The average molecular weight is 288 g/mol. The largest absolute Gasteiger partial charge is 0.384 e. The number of sulfonamides is 1. The molecule has 4 N–H and O–H groups in total. The minimum atomic E-state index is -4.31. The van der Waals surface area contributed by atoms with Gasteiger partial charge in [0.1, 0.15) is 17.5 Å². The van der Waals surface area contributed by atoms with E-state index in [4.69, 9.17) is 5.73 Å². The lowest BCUT2D eigenvalue weighted by Gasteiger charge is -2.07. The third kappa shape index (κ3) is 2.71. The van der Waals surface area contributed by atoms with Crippen molar-refractivity contribution in [3.63, 3.8) is 0 Å². The zero-order valence-corrected chi connectivity index (χ0v) is 10.3. The minimum Gasteiger partial charge on any atom is -0.384 e. The van der Waals surface area contributed by atoms with E-state index < -0.39 is 26.6 Å². The first-order valence-corrected chi connectivity index (χ1v) is 6.61. The Hall–Kier alpha value is -2.00. The molecule has 1 heterocycles. The van der Waals surface area contributed by atoms with Crippen molar-refractivity contribution in [1.29, 1.82) is 0 Å². The van der Waals surface area contributed by atoms with Gasteiger partial charge >= 0.3 is 0 Å². The van der Waals surface area contributed by atoms with Crippen molar-refractivity contribution in [1.82, 2.24) is 14.9 Å². The number of nitrogens with zero attached hydrogens (tertiary/aromatic N) is 1. The molecule has 0 saturated heterocycles. The van der Waals surface area contributed by atoms with Crippen LogP contribution in [0.25, 0.3) is 0 Å². The molecule has 2 rings (SSSR count). The summed E-state index contributed by atoms with van der Waals surface area (Å²) in [6.45, 7) is -0.224. The Morgan fingerprint density at radius 3 is 2.47 bits per heavy atom. The molecule has 0 aliphatic heterocycles. The van der Waals surface area contributed by atoms with E-state index in [1.165, 1.54) is 6.20 Å². The molecular formula is C10H10F2N4O2S. The summed E-state index contributed by atoms with van der Waals surface area (Å²) in [6, 6.07) is 2.81. The number of aromatic nitrogens is 2. The summed E-state index contributed by atoms with van der Waals surface area (Å²) >= 11 is 0. The van der Waals surface area contributed by atoms with Crippen LogP contribution in [-0.2, 0) is 16.6 Å². The molecule has 0 bridgehead atoms. The number of nitrogen functional groups attached to an aromatic ring is 1. The molecular weight excluding hydrogens is 278 g/mol. The second-order valence-electron chi connectivity index (χ2n) is 3.68. The number of anilines is 1. The van der Waals surface area contributed by atoms with Crippen molar-refractivity contribution in [2.24, 2.45) is 0 Å². The third-order valence-corrected chi connectivity index (χ3v) is 3.84. The van der Waals surface area contributed by atoms with E-state index in [1.807, 2.05) is 0 Å². The summed E-state index contributed by atoms with van der Waals surface area (Å²) in [5, 5.41) is 6.01. The molecule has 102 valence electrons. The van der Waals surface area contributed by atoms with E-state index >= 15 is 0 Å². The van der Waals surface area contributed by atoms with Crippen LogP contribution in [0.3, 0.4) is 0 Å². The highest BCUT2D eigenvalue weighted by Gasteiger charge is 2.23. The van der Waals surface area contributed by atoms with Gasteiger partial charge < -0.3 is 5.73 Å². The van der Waals surface area contributed by atoms with Crippen LogP contribution in [0.1, 0.15) is 5.56 Å². The molecule has 0 fully saturated rings. The Morgan fingerprint density at radius 2 is 1.95 bits per heavy atom. The molecule has 9 heteroatoms. The van der Waals surface area contributed by atoms with Crippen LogP contribution in [0.15, 0.2) is 29.3 Å². The first-order valence-electron chi connectivity index (χ1n) is 5.13. The minimum absolute atomic E-state index is 0.178. The number of H-pyrrole nitrogens is 1. The van der Waals surface area contributed by atoms with Gasteiger partial charge in [0.2, 0.25) is 10.0 Å². The van der Waals surface area contributed by atoms with Gasteiger partial charge in [0.05, 0.1) is 6.20 Å². The lowest BCUT2D eigenvalue weighted by molar-refractivity contribution is 0.514. The molecule has 1 aromatic carbocycles. The van der Waals surface area contributed by atoms with Crippen LogP contribution >= 0.6 is 0 Å². The van der Waals surface area contributed by atoms with Crippen LogP contribution < -0.4 is 10.5 Å². The Morgan fingerprint density at radius 1 is 1.32 bits per heavy atom. The van der Waals surface area contributed by atoms with E-state index in [2.05, 4.69) is 14.9 Å². The second kappa shape index (κ2) is 4.94. The number of rotatable bonds is 4. The molecule has 0 atom stereocenters. The number of aromatic amines is 1. The molecule has 0 amide bonds. The van der Waals surface area contributed by atoms with Crippen molar-refractivity contribution >= 4 is 15.8 Å². The van der Waals surface area contributed by atoms with Gasteiger partial charge in [0, 0.05) is 12.1 Å². The highest BCUT2D eigenvalue weighted by molar-refractivity contribution is 7.89. The zero-order chi connectivity index (χ0) is 14.0. The van der Waals surface area contributed by atoms with Gasteiger partial charge in [-0.05, 0) is 12.1 Å². The van der Waals surface area contributed by atoms with Crippen LogP contribution in [0.5, 0.6) is 0 Å². The van der Waals surface area contributed by atoms with Crippen LogP contribution in [-0.4, -0.2) is 18.6 Å². The first-order chi connectivity index (χ1) is 8.92. The first kappa shape index (κ1) is 13.4. The Kier molecular flexibility index (Phi) is 3.49. The Balaban J connectivity index is 2.26. The van der Waals surface area contributed by atoms with Gasteiger partial charge in [-0.2, -0.15) is 5.10 Å². The smallest absolute Gasteiger partial charge is 0.246 e. The van der Waals surface area contributed by atoms with Gasteiger partial charge in [0.25, 0.3) is 0 Å². The Bertz CT molecular complexity index is 679. The number of nitrogens with two attached hydrogens (primary N) is 1. The molecule has 6 nitrogen and oxygen atoms in total. The SMILES string of the molecule is Nc1[nH]ncc1CNS(=O)(=O)c1c(F)cccc1F. The normalized spacial score (nSPS) is 11.7. The zero-order valence-electron chi connectivity index (χ0n) is 9.52. The van der Waals surface area contributed by atoms with Gasteiger partial charge in [-0.1, -0.05) is 6.07 Å². The average Bonchev–Trinajstić information content (AvgIpc) is 2.72. The molecule has 2 aromatic rings. The fourth-order valence-corrected chi connectivity index (χ4v) is 2.59. The van der Waals surface area contributed by atoms with Gasteiger partial charge in [-0.15, -0.1) is 0 Å². The summed E-state index contributed by atoms with van der Waals surface area (Å²) in [5.74, 6) is -2.14. The molecule has 19 heavy (non-hydrogen) atoms. The number of hydrogen-bond donors (Lipinski definition) is 3. The molecule has 0 saturated carbocycles. The van der Waals surface area contributed by atoms with E-state index in [1.54, 1.807) is 0 Å². The summed E-state index contributed by atoms with van der Waals surface area (Å²) in [5.41, 5.74) is 5.84. The molecule has 0 radical (unpaired) electrons.